The third kappa shape index (κ3) is 4.65. The molecule has 1 amide bonds. The second kappa shape index (κ2) is 9.21. The SMILES string of the molecule is CCCCn1c(-c2ccc(C(=N)N)cc2)nc2cc(C(=O)NCCC(=O)O)ccc21. The van der Waals surface area contributed by atoms with Crippen LogP contribution >= 0.6 is 0 Å². The molecule has 0 saturated carbocycles. The van der Waals surface area contributed by atoms with Crippen LogP contribution in [-0.4, -0.2) is 38.9 Å². The van der Waals surface area contributed by atoms with Gasteiger partial charge in [0.1, 0.15) is 11.7 Å². The van der Waals surface area contributed by atoms with Crippen molar-refractivity contribution in [3.05, 3.63) is 53.6 Å². The number of benzene rings is 2. The number of hydrogen-bond acceptors (Lipinski definition) is 4. The number of hydrogen-bond donors (Lipinski definition) is 4. The molecular formula is C22H25N5O3. The van der Waals surface area contributed by atoms with E-state index in [0.29, 0.717) is 16.6 Å². The van der Waals surface area contributed by atoms with E-state index in [1.807, 2.05) is 18.2 Å². The van der Waals surface area contributed by atoms with Crippen molar-refractivity contribution in [3.63, 3.8) is 0 Å². The van der Waals surface area contributed by atoms with Crippen LogP contribution in [0.3, 0.4) is 0 Å². The van der Waals surface area contributed by atoms with Gasteiger partial charge in [-0.05, 0) is 24.6 Å². The predicted octanol–water partition coefficient (Wildman–Crippen LogP) is 2.99. The van der Waals surface area contributed by atoms with Crippen molar-refractivity contribution in [2.24, 2.45) is 5.73 Å². The van der Waals surface area contributed by atoms with Gasteiger partial charge >= 0.3 is 5.97 Å². The van der Waals surface area contributed by atoms with E-state index >= 15 is 0 Å². The molecule has 156 valence electrons. The molecule has 0 spiro atoms. The van der Waals surface area contributed by atoms with E-state index in [0.717, 1.165) is 36.3 Å². The molecule has 1 heterocycles. The lowest BCUT2D eigenvalue weighted by molar-refractivity contribution is -0.136. The van der Waals surface area contributed by atoms with Crippen LogP contribution in [-0.2, 0) is 11.3 Å². The Hall–Kier alpha value is -3.68. The number of amides is 1. The van der Waals surface area contributed by atoms with Gasteiger partial charge in [-0.15, -0.1) is 0 Å². The fourth-order valence-corrected chi connectivity index (χ4v) is 3.22. The van der Waals surface area contributed by atoms with E-state index in [2.05, 4.69) is 16.8 Å². The van der Waals surface area contributed by atoms with Crippen molar-refractivity contribution in [2.45, 2.75) is 32.7 Å². The molecule has 8 heteroatoms. The first-order valence-electron chi connectivity index (χ1n) is 9.85. The van der Waals surface area contributed by atoms with Crippen molar-refractivity contribution in [1.29, 1.82) is 5.41 Å². The van der Waals surface area contributed by atoms with Gasteiger partial charge in [-0.1, -0.05) is 37.6 Å². The minimum atomic E-state index is -0.958. The fourth-order valence-electron chi connectivity index (χ4n) is 3.22. The third-order valence-electron chi connectivity index (χ3n) is 4.82. The van der Waals surface area contributed by atoms with Crippen LogP contribution in [0, 0.1) is 5.41 Å². The van der Waals surface area contributed by atoms with Gasteiger partial charge in [-0.2, -0.15) is 0 Å². The monoisotopic (exact) mass is 407 g/mol. The summed E-state index contributed by atoms with van der Waals surface area (Å²) >= 11 is 0. The smallest absolute Gasteiger partial charge is 0.305 e. The molecule has 0 aliphatic heterocycles. The minimum Gasteiger partial charge on any atom is -0.481 e. The second-order valence-electron chi connectivity index (χ2n) is 7.03. The summed E-state index contributed by atoms with van der Waals surface area (Å²) in [4.78, 5) is 27.7. The van der Waals surface area contributed by atoms with E-state index in [9.17, 15) is 9.59 Å². The number of unbranched alkanes of at least 4 members (excludes halogenated alkanes) is 1. The van der Waals surface area contributed by atoms with Crippen LogP contribution in [0.5, 0.6) is 0 Å². The van der Waals surface area contributed by atoms with E-state index in [1.165, 1.54) is 0 Å². The second-order valence-corrected chi connectivity index (χ2v) is 7.03. The molecule has 0 saturated heterocycles. The van der Waals surface area contributed by atoms with Gasteiger partial charge in [0.05, 0.1) is 17.5 Å². The Morgan fingerprint density at radius 1 is 1.17 bits per heavy atom. The Kier molecular flexibility index (Phi) is 6.46. The summed E-state index contributed by atoms with van der Waals surface area (Å²) in [6.45, 7) is 2.99. The number of carbonyl (C=O) groups excluding carboxylic acids is 1. The highest BCUT2D eigenvalue weighted by Crippen LogP contribution is 2.26. The number of aryl methyl sites for hydroxylation is 1. The summed E-state index contributed by atoms with van der Waals surface area (Å²) in [5.41, 5.74) is 9.16. The number of nitrogens with two attached hydrogens (primary N) is 1. The number of nitrogens with one attached hydrogen (secondary N) is 2. The number of amidine groups is 1. The molecule has 2 aromatic carbocycles. The van der Waals surface area contributed by atoms with E-state index in [-0.39, 0.29) is 24.7 Å². The van der Waals surface area contributed by atoms with Gasteiger partial charge in [0.2, 0.25) is 0 Å². The Morgan fingerprint density at radius 3 is 2.50 bits per heavy atom. The van der Waals surface area contributed by atoms with E-state index in [1.54, 1.807) is 24.3 Å². The highest BCUT2D eigenvalue weighted by molar-refractivity contribution is 5.98. The van der Waals surface area contributed by atoms with Crippen molar-refractivity contribution in [1.82, 2.24) is 14.9 Å². The number of rotatable bonds is 9. The zero-order valence-corrected chi connectivity index (χ0v) is 16.8. The average Bonchev–Trinajstić information content (AvgIpc) is 3.09. The highest BCUT2D eigenvalue weighted by atomic mass is 16.4. The molecule has 3 rings (SSSR count). The molecule has 0 bridgehead atoms. The molecule has 0 fully saturated rings. The maximum Gasteiger partial charge on any atom is 0.305 e. The quantitative estimate of drug-likeness (QED) is 0.319. The molecule has 0 atom stereocenters. The number of carbonyl (C=O) groups is 2. The minimum absolute atomic E-state index is 0.0135. The van der Waals surface area contributed by atoms with E-state index < -0.39 is 5.97 Å². The summed E-state index contributed by atoms with van der Waals surface area (Å²) < 4.78 is 2.13. The average molecular weight is 407 g/mol. The molecule has 3 aromatic rings. The molecule has 1 aromatic heterocycles. The van der Waals surface area contributed by atoms with E-state index in [4.69, 9.17) is 21.2 Å². The molecule has 5 N–H and O–H groups in total. The number of aromatic nitrogens is 2. The lowest BCUT2D eigenvalue weighted by atomic mass is 10.1. The lowest BCUT2D eigenvalue weighted by Crippen LogP contribution is -2.25. The van der Waals surface area contributed by atoms with Crippen LogP contribution in [0.1, 0.15) is 42.1 Å². The van der Waals surface area contributed by atoms with Crippen LogP contribution < -0.4 is 11.1 Å². The number of imidazole rings is 1. The summed E-state index contributed by atoms with van der Waals surface area (Å²) in [5.74, 6) is -0.481. The topological polar surface area (TPSA) is 134 Å². The Morgan fingerprint density at radius 2 is 1.87 bits per heavy atom. The first-order chi connectivity index (χ1) is 14.4. The molecular weight excluding hydrogens is 382 g/mol. The summed E-state index contributed by atoms with van der Waals surface area (Å²) in [5, 5.41) is 18.9. The molecule has 0 aliphatic carbocycles. The fraction of sp³-hybridized carbons (Fsp3) is 0.273. The molecule has 0 aliphatic rings. The largest absolute Gasteiger partial charge is 0.481 e. The maximum atomic E-state index is 12.3. The normalized spacial score (nSPS) is 10.8. The number of nitrogens with zero attached hydrogens (tertiary/aromatic N) is 2. The molecule has 0 radical (unpaired) electrons. The van der Waals surface area contributed by atoms with Gasteiger partial charge in [-0.25, -0.2) is 4.98 Å². The standard InChI is InChI=1S/C22H25N5O3/c1-2-3-12-27-18-9-8-16(22(30)25-11-10-19(28)29)13-17(18)26-21(27)15-6-4-14(5-7-15)20(23)24/h4-9,13H,2-3,10-12H2,1H3,(H3,23,24)(H,25,30)(H,28,29). The van der Waals surface area contributed by atoms with Gasteiger partial charge in [0.15, 0.2) is 0 Å². The Labute approximate surface area is 174 Å². The summed E-state index contributed by atoms with van der Waals surface area (Å²) in [6, 6.07) is 12.7. The zero-order chi connectivity index (χ0) is 21.7. The van der Waals surface area contributed by atoms with Crippen molar-refractivity contribution in [2.75, 3.05) is 6.54 Å². The third-order valence-corrected chi connectivity index (χ3v) is 4.82. The van der Waals surface area contributed by atoms with Crippen LogP contribution in [0.4, 0.5) is 0 Å². The maximum absolute atomic E-state index is 12.3. The van der Waals surface area contributed by atoms with Crippen molar-refractivity contribution in [3.8, 4) is 11.4 Å². The highest BCUT2D eigenvalue weighted by Gasteiger charge is 2.15. The Bertz CT molecular complexity index is 1090. The first-order valence-corrected chi connectivity index (χ1v) is 9.85. The molecule has 8 nitrogen and oxygen atoms in total. The summed E-state index contributed by atoms with van der Waals surface area (Å²) in [7, 11) is 0. The summed E-state index contributed by atoms with van der Waals surface area (Å²) in [6.07, 6.45) is 1.90. The number of aliphatic carboxylic acids is 1. The number of carboxylic acid groups (broad SMARTS) is 1. The number of fused-ring (bicyclic) bond motifs is 1. The lowest BCUT2D eigenvalue weighted by Gasteiger charge is -2.09. The van der Waals surface area contributed by atoms with Gasteiger partial charge < -0.3 is 20.7 Å². The van der Waals surface area contributed by atoms with Gasteiger partial charge in [-0.3, -0.25) is 15.0 Å². The zero-order valence-electron chi connectivity index (χ0n) is 16.8. The van der Waals surface area contributed by atoms with Crippen LogP contribution in [0.2, 0.25) is 0 Å². The first kappa shape index (κ1) is 21.0. The van der Waals surface area contributed by atoms with Gasteiger partial charge in [0, 0.05) is 29.8 Å². The van der Waals surface area contributed by atoms with Crippen LogP contribution in [0.25, 0.3) is 22.4 Å². The number of carboxylic acids is 1. The number of nitrogen functional groups attached to an aromatic ring is 1. The molecule has 0 unspecified atom stereocenters. The van der Waals surface area contributed by atoms with Crippen molar-refractivity contribution >= 4 is 28.7 Å². The van der Waals surface area contributed by atoms with Crippen molar-refractivity contribution < 1.29 is 14.7 Å². The van der Waals surface area contributed by atoms with Gasteiger partial charge in [0.25, 0.3) is 5.91 Å². The van der Waals surface area contributed by atoms with Crippen LogP contribution in [0.15, 0.2) is 42.5 Å². The Balaban J connectivity index is 1.96. The molecule has 30 heavy (non-hydrogen) atoms. The predicted molar refractivity (Wildman–Crippen MR) is 116 cm³/mol.